The average molecular weight is 1100 g/mol. The standard InChI is InChI=1S/C54H77N11O10S2/c1-32(2)45-50(72)62-40(29-43(55)66)47(69)63-41(51(73)65-26-14-24-42(65)49(71)60-37(52(74)75)23-13-25-58-53(56)57)31-76-77-54(35-19-9-10-20-35,36-21-11-12-22-36)30-44(67)59-38(27-33-15-5-3-6-16-33)46(68)61-39(48(70)64-45)28-34-17-7-4-8-18-34/h3-8,15-18,32,35-42,45H,9-14,19-31H2,1-2H3,(H2,55,66)(H,59,67)(H,60,71)(H,61,68)(H,62,72)(H,63,69)(H,64,70)(H,74,75)(H4,56,57,58)/t37-,38+,39-,40-,41-,42+,45-/m0/s1. The monoisotopic (exact) mass is 1100 g/mol. The van der Waals surface area contributed by atoms with Crippen LogP contribution in [0.3, 0.4) is 0 Å². The van der Waals surface area contributed by atoms with Crippen molar-refractivity contribution in [2.45, 2.75) is 164 Å². The van der Waals surface area contributed by atoms with Gasteiger partial charge in [0.15, 0.2) is 5.96 Å². The third-order valence-electron chi connectivity index (χ3n) is 15.1. The van der Waals surface area contributed by atoms with Crippen molar-refractivity contribution in [1.29, 1.82) is 0 Å². The van der Waals surface area contributed by atoms with Crippen LogP contribution in [0.2, 0.25) is 0 Å². The zero-order valence-corrected chi connectivity index (χ0v) is 45.7. The fourth-order valence-electron chi connectivity index (χ4n) is 11.2. The van der Waals surface area contributed by atoms with E-state index in [-0.39, 0.29) is 81.1 Å². The second kappa shape index (κ2) is 28.9. The first kappa shape index (κ1) is 59.9. The Morgan fingerprint density at radius 1 is 0.727 bits per heavy atom. The number of nitrogens with two attached hydrogens (primary N) is 3. The van der Waals surface area contributed by atoms with Crippen molar-refractivity contribution in [1.82, 2.24) is 36.8 Å². The van der Waals surface area contributed by atoms with Crippen molar-refractivity contribution < 1.29 is 48.3 Å². The number of nitrogens with zero attached hydrogens (tertiary/aromatic N) is 2. The second-order valence-electron chi connectivity index (χ2n) is 21.1. The van der Waals surface area contributed by atoms with E-state index in [1.54, 1.807) is 38.1 Å². The van der Waals surface area contributed by atoms with Crippen LogP contribution in [-0.4, -0.2) is 135 Å². The van der Waals surface area contributed by atoms with Crippen molar-refractivity contribution in [2.24, 2.45) is 39.9 Å². The van der Waals surface area contributed by atoms with Gasteiger partial charge in [0, 0.05) is 42.9 Å². The minimum Gasteiger partial charge on any atom is -0.480 e. The molecular weight excluding hydrogens is 1030 g/mol. The lowest BCUT2D eigenvalue weighted by Crippen LogP contribution is -2.61. The van der Waals surface area contributed by atoms with Gasteiger partial charge in [-0.1, -0.05) is 122 Å². The van der Waals surface area contributed by atoms with E-state index < -0.39 is 107 Å². The van der Waals surface area contributed by atoms with E-state index in [1.807, 2.05) is 36.4 Å². The summed E-state index contributed by atoms with van der Waals surface area (Å²) in [5.74, 6) is -7.79. The first-order valence-corrected chi connectivity index (χ1v) is 29.2. The van der Waals surface area contributed by atoms with E-state index in [2.05, 4.69) is 36.9 Å². The first-order chi connectivity index (χ1) is 36.8. The molecule has 2 saturated heterocycles. The van der Waals surface area contributed by atoms with Gasteiger partial charge >= 0.3 is 5.97 Å². The van der Waals surface area contributed by atoms with Gasteiger partial charge in [-0.3, -0.25) is 43.3 Å². The third kappa shape index (κ3) is 17.1. The molecule has 2 saturated carbocycles. The topological polar surface area (TPSA) is 340 Å². The summed E-state index contributed by atoms with van der Waals surface area (Å²) in [6.45, 7) is 3.55. The quantitative estimate of drug-likeness (QED) is 0.0469. The van der Waals surface area contributed by atoms with Gasteiger partial charge in [-0.15, -0.1) is 0 Å². The largest absolute Gasteiger partial charge is 0.480 e. The van der Waals surface area contributed by atoms with Crippen LogP contribution in [0, 0.1) is 17.8 Å². The Labute approximate surface area is 458 Å². The lowest BCUT2D eigenvalue weighted by molar-refractivity contribution is -0.145. The highest BCUT2D eigenvalue weighted by Gasteiger charge is 2.50. The van der Waals surface area contributed by atoms with Gasteiger partial charge in [-0.2, -0.15) is 0 Å². The Hall–Kier alpha value is -6.36. The van der Waals surface area contributed by atoms with Crippen LogP contribution in [0.15, 0.2) is 65.7 Å². The molecule has 0 aromatic heterocycles. The van der Waals surface area contributed by atoms with Crippen LogP contribution in [0.4, 0.5) is 0 Å². The second-order valence-corrected chi connectivity index (χ2v) is 23.8. The molecule has 23 heteroatoms. The summed E-state index contributed by atoms with van der Waals surface area (Å²) in [5, 5.41) is 26.8. The van der Waals surface area contributed by atoms with Crippen LogP contribution >= 0.6 is 21.6 Å². The highest BCUT2D eigenvalue weighted by Crippen LogP contribution is 2.57. The average Bonchev–Trinajstić information content (AvgIpc) is 4.24. The normalized spacial score (nSPS) is 24.9. The van der Waals surface area contributed by atoms with Crippen molar-refractivity contribution >= 4 is 80.8 Å². The lowest BCUT2D eigenvalue weighted by atomic mass is 9.76. The van der Waals surface area contributed by atoms with E-state index >= 15 is 4.79 Å². The molecule has 8 amide bonds. The van der Waals surface area contributed by atoms with Crippen LogP contribution in [0.25, 0.3) is 0 Å². The minimum absolute atomic E-state index is 0.00368. The molecule has 0 radical (unpaired) electrons. The number of amides is 8. The van der Waals surface area contributed by atoms with Gasteiger partial charge in [0.05, 0.1) is 6.42 Å². The molecule has 2 heterocycles. The number of primary amides is 1. The van der Waals surface area contributed by atoms with Crippen molar-refractivity contribution in [2.75, 3.05) is 18.8 Å². The number of carbonyl (C=O) groups excluding carboxylic acids is 8. The zero-order valence-electron chi connectivity index (χ0n) is 44.0. The van der Waals surface area contributed by atoms with E-state index in [9.17, 15) is 43.5 Å². The van der Waals surface area contributed by atoms with Gasteiger partial charge in [-0.25, -0.2) is 4.79 Å². The Morgan fingerprint density at radius 2 is 1.27 bits per heavy atom. The third-order valence-corrected chi connectivity index (χ3v) is 18.5. The number of nitrogens with one attached hydrogen (secondary N) is 6. The Morgan fingerprint density at radius 3 is 1.82 bits per heavy atom. The number of hydrogen-bond donors (Lipinski definition) is 10. The molecule has 77 heavy (non-hydrogen) atoms. The van der Waals surface area contributed by atoms with Crippen molar-refractivity contribution in [3.63, 3.8) is 0 Å². The Bertz CT molecular complexity index is 2400. The number of likely N-dealkylation sites (tertiary alicyclic amines) is 1. The summed E-state index contributed by atoms with van der Waals surface area (Å²) in [4.78, 5) is 132. The Kier molecular flexibility index (Phi) is 22.4. The molecule has 7 atom stereocenters. The summed E-state index contributed by atoms with van der Waals surface area (Å²) < 4.78 is -0.693. The first-order valence-electron chi connectivity index (χ1n) is 26.9. The molecule has 2 aliphatic heterocycles. The molecule has 0 unspecified atom stereocenters. The van der Waals surface area contributed by atoms with Gasteiger partial charge in [0.1, 0.15) is 42.3 Å². The number of aliphatic carboxylic acids is 1. The highest BCUT2D eigenvalue weighted by molar-refractivity contribution is 8.77. The number of guanidine groups is 1. The maximum Gasteiger partial charge on any atom is 0.326 e. The predicted molar refractivity (Wildman–Crippen MR) is 294 cm³/mol. The number of benzene rings is 2. The van der Waals surface area contributed by atoms with Crippen LogP contribution in [-0.2, 0) is 56.0 Å². The van der Waals surface area contributed by atoms with Gasteiger partial charge in [-0.05, 0) is 80.2 Å². The van der Waals surface area contributed by atoms with Crippen LogP contribution in [0.1, 0.15) is 115 Å². The maximum atomic E-state index is 15.1. The summed E-state index contributed by atoms with van der Waals surface area (Å²) >= 11 is 0. The Balaban J connectivity index is 1.40. The van der Waals surface area contributed by atoms with Crippen LogP contribution < -0.4 is 49.1 Å². The zero-order chi connectivity index (χ0) is 55.6. The van der Waals surface area contributed by atoms with Gasteiger partial charge in [0.25, 0.3) is 0 Å². The van der Waals surface area contributed by atoms with Crippen molar-refractivity contribution in [3.05, 3.63) is 71.8 Å². The number of rotatable bonds is 17. The fraction of sp³-hybridized carbons (Fsp3) is 0.593. The fourth-order valence-corrected chi connectivity index (χ4v) is 15.0. The molecule has 21 nitrogen and oxygen atoms in total. The van der Waals surface area contributed by atoms with E-state index in [0.29, 0.717) is 12.0 Å². The summed E-state index contributed by atoms with van der Waals surface area (Å²) in [6, 6.07) is 9.10. The molecule has 0 spiro atoms. The number of carboxylic acid groups (broad SMARTS) is 1. The smallest absolute Gasteiger partial charge is 0.326 e. The highest BCUT2D eigenvalue weighted by atomic mass is 33.1. The predicted octanol–water partition coefficient (Wildman–Crippen LogP) is 1.95. The molecule has 420 valence electrons. The van der Waals surface area contributed by atoms with E-state index in [4.69, 9.17) is 17.2 Å². The molecule has 6 rings (SSSR count). The molecule has 2 aliphatic carbocycles. The number of carboxylic acids is 1. The van der Waals surface area contributed by atoms with Crippen LogP contribution in [0.5, 0.6) is 0 Å². The molecular formula is C54H77N11O10S2. The molecule has 4 fully saturated rings. The number of hydrogen-bond acceptors (Lipinski definition) is 12. The molecule has 4 aliphatic rings. The SMILES string of the molecule is CC(C)[C@@H]1NC(=O)[C@H](Cc2ccccc2)NC(=O)[C@@H](Cc2ccccc2)NC(=O)CC(C2CCCC2)(C2CCCC2)SSC[C@@H](C(=O)N2CCC[C@@H]2C(=O)N[C@@H](CCCN=C(N)N)C(=O)O)NC(=O)[C@H](CC(N)=O)NC1=O. The maximum absolute atomic E-state index is 15.1. The van der Waals surface area contributed by atoms with Gasteiger partial charge in [0.2, 0.25) is 47.3 Å². The summed E-state index contributed by atoms with van der Waals surface area (Å²) in [5.41, 5.74) is 18.0. The van der Waals surface area contributed by atoms with E-state index in [0.717, 1.165) is 56.9 Å². The molecule has 0 bridgehead atoms. The molecule has 2 aromatic rings. The lowest BCUT2D eigenvalue weighted by Gasteiger charge is -2.43. The van der Waals surface area contributed by atoms with Gasteiger partial charge < -0.3 is 59.1 Å². The summed E-state index contributed by atoms with van der Waals surface area (Å²) in [6.07, 6.45) is 7.49. The summed E-state index contributed by atoms with van der Waals surface area (Å²) in [7, 11) is 2.81. The number of carbonyl (C=O) groups is 9. The van der Waals surface area contributed by atoms with E-state index in [1.165, 1.54) is 26.5 Å². The molecule has 13 N–H and O–H groups in total. The van der Waals surface area contributed by atoms with Crippen molar-refractivity contribution in [3.8, 4) is 0 Å². The molecule has 2 aromatic carbocycles. The minimum atomic E-state index is -1.64. The number of aliphatic imine (C=N–C) groups is 1.